The summed E-state index contributed by atoms with van der Waals surface area (Å²) in [4.78, 5) is 31.5. The predicted octanol–water partition coefficient (Wildman–Crippen LogP) is 1.28. The number of pyridine rings is 1. The van der Waals surface area contributed by atoms with Gasteiger partial charge in [0.1, 0.15) is 5.69 Å². The number of hydrogen-bond acceptors (Lipinski definition) is 4. The van der Waals surface area contributed by atoms with E-state index < -0.39 is 0 Å². The van der Waals surface area contributed by atoms with Gasteiger partial charge in [-0.25, -0.2) is 4.98 Å². The molecular formula is C16H24N4O2. The lowest BCUT2D eigenvalue weighted by Crippen LogP contribution is -2.48. The van der Waals surface area contributed by atoms with Crippen molar-refractivity contribution in [3.63, 3.8) is 0 Å². The van der Waals surface area contributed by atoms with Gasteiger partial charge in [-0.05, 0) is 18.6 Å². The Morgan fingerprint density at radius 3 is 2.50 bits per heavy atom. The van der Waals surface area contributed by atoms with Crippen LogP contribution in [0.4, 0.5) is 5.69 Å². The molecule has 0 saturated carbocycles. The molecule has 1 aliphatic rings. The largest absolute Gasteiger partial charge is 0.367 e. The van der Waals surface area contributed by atoms with E-state index in [4.69, 9.17) is 0 Å². The first-order valence-electron chi connectivity index (χ1n) is 7.86. The Hall–Kier alpha value is -2.11. The molecule has 0 aromatic carbocycles. The number of unbranched alkanes of at least 4 members (excludes halogenated alkanes) is 1. The van der Waals surface area contributed by atoms with Crippen molar-refractivity contribution in [1.82, 2.24) is 15.2 Å². The van der Waals surface area contributed by atoms with Gasteiger partial charge in [-0.3, -0.25) is 9.59 Å². The van der Waals surface area contributed by atoms with Gasteiger partial charge in [0, 0.05) is 39.6 Å². The molecule has 2 rings (SSSR count). The SMILES string of the molecule is CCCCNC(=O)c1ccc(N2CCN(C(C)=O)CC2)cn1. The first-order valence-corrected chi connectivity index (χ1v) is 7.86. The van der Waals surface area contributed by atoms with E-state index in [2.05, 4.69) is 22.1 Å². The van der Waals surface area contributed by atoms with Gasteiger partial charge < -0.3 is 15.1 Å². The zero-order valence-electron chi connectivity index (χ0n) is 13.3. The summed E-state index contributed by atoms with van der Waals surface area (Å²) < 4.78 is 0. The maximum atomic E-state index is 11.9. The van der Waals surface area contributed by atoms with Gasteiger partial charge in [-0.15, -0.1) is 0 Å². The van der Waals surface area contributed by atoms with Crippen molar-refractivity contribution in [3.8, 4) is 0 Å². The molecule has 0 unspecified atom stereocenters. The Kier molecular flexibility index (Phi) is 5.75. The average Bonchev–Trinajstić information content (AvgIpc) is 2.55. The lowest BCUT2D eigenvalue weighted by Gasteiger charge is -2.35. The molecule has 1 aromatic rings. The molecule has 1 aromatic heterocycles. The summed E-state index contributed by atoms with van der Waals surface area (Å²) in [6.45, 7) is 7.43. The molecule has 1 fully saturated rings. The van der Waals surface area contributed by atoms with E-state index in [0.717, 1.165) is 44.7 Å². The number of carbonyl (C=O) groups excluding carboxylic acids is 2. The lowest BCUT2D eigenvalue weighted by atomic mass is 10.2. The predicted molar refractivity (Wildman–Crippen MR) is 85.9 cm³/mol. The third kappa shape index (κ3) is 4.19. The zero-order valence-corrected chi connectivity index (χ0v) is 13.3. The van der Waals surface area contributed by atoms with Gasteiger partial charge in [-0.2, -0.15) is 0 Å². The number of nitrogens with zero attached hydrogens (tertiary/aromatic N) is 3. The molecule has 1 aliphatic heterocycles. The highest BCUT2D eigenvalue weighted by atomic mass is 16.2. The van der Waals surface area contributed by atoms with E-state index in [-0.39, 0.29) is 11.8 Å². The van der Waals surface area contributed by atoms with Crippen molar-refractivity contribution in [3.05, 3.63) is 24.0 Å². The van der Waals surface area contributed by atoms with Crippen LogP contribution in [-0.2, 0) is 4.79 Å². The highest BCUT2D eigenvalue weighted by Crippen LogP contribution is 2.15. The number of carbonyl (C=O) groups is 2. The van der Waals surface area contributed by atoms with Crippen LogP contribution in [0.5, 0.6) is 0 Å². The number of nitrogens with one attached hydrogen (secondary N) is 1. The highest BCUT2D eigenvalue weighted by molar-refractivity contribution is 5.92. The van der Waals surface area contributed by atoms with Crippen molar-refractivity contribution < 1.29 is 9.59 Å². The number of aromatic nitrogens is 1. The maximum Gasteiger partial charge on any atom is 0.269 e. The molecule has 1 saturated heterocycles. The van der Waals surface area contributed by atoms with Gasteiger partial charge in [-0.1, -0.05) is 13.3 Å². The molecule has 1 N–H and O–H groups in total. The van der Waals surface area contributed by atoms with E-state index in [9.17, 15) is 9.59 Å². The molecule has 0 radical (unpaired) electrons. The molecule has 120 valence electrons. The van der Waals surface area contributed by atoms with E-state index in [1.54, 1.807) is 19.2 Å². The van der Waals surface area contributed by atoms with Crippen molar-refractivity contribution in [1.29, 1.82) is 0 Å². The number of anilines is 1. The van der Waals surface area contributed by atoms with Crippen LogP contribution in [0.3, 0.4) is 0 Å². The minimum Gasteiger partial charge on any atom is -0.367 e. The highest BCUT2D eigenvalue weighted by Gasteiger charge is 2.19. The van der Waals surface area contributed by atoms with Gasteiger partial charge >= 0.3 is 0 Å². The minimum atomic E-state index is -0.124. The second-order valence-electron chi connectivity index (χ2n) is 5.50. The second kappa shape index (κ2) is 7.77. The first-order chi connectivity index (χ1) is 10.6. The minimum absolute atomic E-state index is 0.122. The first kappa shape index (κ1) is 16.3. The molecule has 0 spiro atoms. The quantitative estimate of drug-likeness (QED) is 0.832. The van der Waals surface area contributed by atoms with Crippen molar-refractivity contribution in [2.75, 3.05) is 37.6 Å². The van der Waals surface area contributed by atoms with Crippen LogP contribution in [0.15, 0.2) is 18.3 Å². The van der Waals surface area contributed by atoms with Gasteiger partial charge in [0.2, 0.25) is 5.91 Å². The monoisotopic (exact) mass is 304 g/mol. The summed E-state index contributed by atoms with van der Waals surface area (Å²) in [6, 6.07) is 3.68. The standard InChI is InChI=1S/C16H24N4O2/c1-3-4-7-17-16(22)15-6-5-14(12-18-15)20-10-8-19(9-11-20)13(2)21/h5-6,12H,3-4,7-11H2,1-2H3,(H,17,22). The molecule has 2 heterocycles. The third-order valence-corrected chi connectivity index (χ3v) is 3.89. The number of piperazine rings is 1. The second-order valence-corrected chi connectivity index (χ2v) is 5.50. The molecular weight excluding hydrogens is 280 g/mol. The van der Waals surface area contributed by atoms with E-state index in [0.29, 0.717) is 12.2 Å². The van der Waals surface area contributed by atoms with E-state index in [1.807, 2.05) is 11.0 Å². The van der Waals surface area contributed by atoms with Crippen LogP contribution < -0.4 is 10.2 Å². The fraction of sp³-hybridized carbons (Fsp3) is 0.562. The summed E-state index contributed by atoms with van der Waals surface area (Å²) in [6.07, 6.45) is 3.77. The zero-order chi connectivity index (χ0) is 15.9. The smallest absolute Gasteiger partial charge is 0.269 e. The number of hydrogen-bond donors (Lipinski definition) is 1. The van der Waals surface area contributed by atoms with Crippen LogP contribution in [0, 0.1) is 0 Å². The van der Waals surface area contributed by atoms with Gasteiger partial charge in [0.15, 0.2) is 0 Å². The van der Waals surface area contributed by atoms with Gasteiger partial charge in [0.25, 0.3) is 5.91 Å². The summed E-state index contributed by atoms with van der Waals surface area (Å²) in [7, 11) is 0. The van der Waals surface area contributed by atoms with Crippen LogP contribution in [0.25, 0.3) is 0 Å². The van der Waals surface area contributed by atoms with Crippen molar-refractivity contribution in [2.24, 2.45) is 0 Å². The van der Waals surface area contributed by atoms with Gasteiger partial charge in [0.05, 0.1) is 11.9 Å². The van der Waals surface area contributed by atoms with Crippen molar-refractivity contribution >= 4 is 17.5 Å². The van der Waals surface area contributed by atoms with Crippen LogP contribution in [-0.4, -0.2) is 54.4 Å². The van der Waals surface area contributed by atoms with Crippen LogP contribution in [0.1, 0.15) is 37.2 Å². The maximum absolute atomic E-state index is 11.9. The molecule has 2 amide bonds. The molecule has 22 heavy (non-hydrogen) atoms. The summed E-state index contributed by atoms with van der Waals surface area (Å²) >= 11 is 0. The topological polar surface area (TPSA) is 65.5 Å². The normalized spacial score (nSPS) is 14.8. The summed E-state index contributed by atoms with van der Waals surface area (Å²) in [5, 5.41) is 2.86. The summed E-state index contributed by atoms with van der Waals surface area (Å²) in [5.41, 5.74) is 1.44. The van der Waals surface area contributed by atoms with Crippen LogP contribution >= 0.6 is 0 Å². The number of amides is 2. The Balaban J connectivity index is 1.89. The Morgan fingerprint density at radius 1 is 1.23 bits per heavy atom. The summed E-state index contributed by atoms with van der Waals surface area (Å²) in [5.74, 6) is -0.00160. The molecule has 0 atom stereocenters. The lowest BCUT2D eigenvalue weighted by molar-refractivity contribution is -0.129. The molecule has 6 heteroatoms. The van der Waals surface area contributed by atoms with Crippen LogP contribution in [0.2, 0.25) is 0 Å². The number of rotatable bonds is 5. The molecule has 0 bridgehead atoms. The fourth-order valence-electron chi connectivity index (χ4n) is 2.46. The Morgan fingerprint density at radius 2 is 1.95 bits per heavy atom. The molecule has 0 aliphatic carbocycles. The fourth-order valence-corrected chi connectivity index (χ4v) is 2.46. The average molecular weight is 304 g/mol. The molecule has 6 nitrogen and oxygen atoms in total. The van der Waals surface area contributed by atoms with E-state index in [1.165, 1.54) is 0 Å². The van der Waals surface area contributed by atoms with Crippen molar-refractivity contribution in [2.45, 2.75) is 26.7 Å². The Labute approximate surface area is 131 Å². The third-order valence-electron chi connectivity index (χ3n) is 3.89. The Bertz CT molecular complexity index is 507. The van der Waals surface area contributed by atoms with E-state index >= 15 is 0 Å².